The summed E-state index contributed by atoms with van der Waals surface area (Å²) in [5.74, 6) is -0.731. The minimum atomic E-state index is -3.81. The van der Waals surface area contributed by atoms with Crippen molar-refractivity contribution in [3.63, 3.8) is 0 Å². The van der Waals surface area contributed by atoms with E-state index in [1.807, 2.05) is 17.5 Å². The summed E-state index contributed by atoms with van der Waals surface area (Å²) in [6.45, 7) is 3.73. The topological polar surface area (TPSA) is 104 Å². The van der Waals surface area contributed by atoms with Crippen LogP contribution in [-0.2, 0) is 24.8 Å². The first kappa shape index (κ1) is 22.4. The molecule has 1 atom stereocenters. The van der Waals surface area contributed by atoms with E-state index in [0.717, 1.165) is 35.1 Å². The van der Waals surface area contributed by atoms with Crippen molar-refractivity contribution in [2.24, 2.45) is 0 Å². The molecular weight excluding hydrogens is 458 g/mol. The van der Waals surface area contributed by atoms with Crippen LogP contribution >= 0.6 is 11.3 Å². The Morgan fingerprint density at radius 1 is 1.19 bits per heavy atom. The minimum Gasteiger partial charge on any atom is -0.294 e. The van der Waals surface area contributed by atoms with E-state index in [-0.39, 0.29) is 35.3 Å². The van der Waals surface area contributed by atoms with Crippen molar-refractivity contribution >= 4 is 43.0 Å². The van der Waals surface area contributed by atoms with Crippen molar-refractivity contribution < 1.29 is 21.6 Å². The molecule has 0 aliphatic carbocycles. The quantitative estimate of drug-likeness (QED) is 0.648. The molecule has 0 bridgehead atoms. The Bertz CT molecular complexity index is 1170. The maximum atomic E-state index is 13.0. The lowest BCUT2D eigenvalue weighted by Crippen LogP contribution is -2.36. The molecule has 2 aliphatic rings. The minimum absolute atomic E-state index is 0.0239. The molecule has 2 saturated heterocycles. The van der Waals surface area contributed by atoms with Gasteiger partial charge in [0.1, 0.15) is 0 Å². The molecule has 4 rings (SSSR count). The molecule has 2 aliphatic heterocycles. The molecule has 0 saturated carbocycles. The molecule has 31 heavy (non-hydrogen) atoms. The smallest absolute Gasteiger partial charge is 0.242 e. The molecule has 11 heteroatoms. The predicted octanol–water partition coefficient (Wildman–Crippen LogP) is 2.24. The summed E-state index contributed by atoms with van der Waals surface area (Å²) in [6.07, 6.45) is 2.14. The Hall–Kier alpha value is -1.79. The molecule has 1 aromatic heterocycles. The zero-order valence-corrected chi connectivity index (χ0v) is 19.6. The number of aryl methyl sites for hydroxylation is 1. The van der Waals surface area contributed by atoms with Crippen molar-refractivity contribution in [2.45, 2.75) is 37.1 Å². The van der Waals surface area contributed by atoms with E-state index < -0.39 is 26.0 Å². The second-order valence-electron chi connectivity index (χ2n) is 7.80. The number of benzene rings is 1. The van der Waals surface area contributed by atoms with Gasteiger partial charge in [0.2, 0.25) is 26.0 Å². The second kappa shape index (κ2) is 8.62. The molecule has 1 aromatic carbocycles. The van der Waals surface area contributed by atoms with E-state index in [9.17, 15) is 21.6 Å². The normalized spacial score (nSPS) is 20.4. The van der Waals surface area contributed by atoms with Crippen LogP contribution < -0.4 is 9.03 Å². The number of carbonyl (C=O) groups is 1. The number of nitrogens with zero attached hydrogens (tertiary/aromatic N) is 2. The molecule has 1 unspecified atom stereocenters. The lowest BCUT2D eigenvalue weighted by atomic mass is 10.2. The molecule has 3 heterocycles. The Morgan fingerprint density at radius 3 is 2.52 bits per heavy atom. The highest BCUT2D eigenvalue weighted by Gasteiger charge is 2.36. The highest BCUT2D eigenvalue weighted by molar-refractivity contribution is 7.94. The highest BCUT2D eigenvalue weighted by Crippen LogP contribution is 2.30. The van der Waals surface area contributed by atoms with Crippen LogP contribution in [0, 0.1) is 6.92 Å². The van der Waals surface area contributed by atoms with Gasteiger partial charge in [-0.25, -0.2) is 25.9 Å². The first-order chi connectivity index (χ1) is 14.7. The van der Waals surface area contributed by atoms with Crippen LogP contribution in [-0.4, -0.2) is 53.0 Å². The third-order valence-corrected chi connectivity index (χ3v) is 9.93. The number of likely N-dealkylation sites (tertiary alicyclic amines) is 1. The third kappa shape index (κ3) is 4.56. The average Bonchev–Trinajstić information content (AvgIpc) is 3.45. The van der Waals surface area contributed by atoms with Crippen molar-refractivity contribution in [2.75, 3.05) is 29.7 Å². The average molecular weight is 484 g/mol. The van der Waals surface area contributed by atoms with Crippen molar-refractivity contribution in [3.8, 4) is 0 Å². The number of carbonyl (C=O) groups excluding carboxylic acids is 1. The summed E-state index contributed by atoms with van der Waals surface area (Å²) in [4.78, 5) is 15.5. The molecule has 168 valence electrons. The summed E-state index contributed by atoms with van der Waals surface area (Å²) < 4.78 is 53.9. The molecule has 0 radical (unpaired) electrons. The van der Waals surface area contributed by atoms with Crippen molar-refractivity contribution in [1.82, 2.24) is 9.62 Å². The Balaban J connectivity index is 1.55. The van der Waals surface area contributed by atoms with Gasteiger partial charge >= 0.3 is 0 Å². The number of nitrogens with one attached hydrogen (secondary N) is 1. The number of hydrogen-bond donors (Lipinski definition) is 1. The van der Waals surface area contributed by atoms with Gasteiger partial charge < -0.3 is 0 Å². The third-order valence-electron chi connectivity index (χ3n) is 5.68. The Morgan fingerprint density at radius 2 is 1.94 bits per heavy atom. The number of anilines is 1. The summed E-state index contributed by atoms with van der Waals surface area (Å²) in [6, 6.07) is 8.14. The van der Waals surface area contributed by atoms with Crippen LogP contribution in [0.5, 0.6) is 0 Å². The molecule has 8 nitrogen and oxygen atoms in total. The lowest BCUT2D eigenvalue weighted by molar-refractivity contribution is -0.116. The van der Waals surface area contributed by atoms with Gasteiger partial charge in [-0.05, 0) is 68.1 Å². The molecule has 1 N–H and O–H groups in total. The first-order valence-electron chi connectivity index (χ1n) is 10.1. The molecule has 1 amide bonds. The number of amides is 1. The number of hydrogen-bond acceptors (Lipinski definition) is 7. The second-order valence-corrected chi connectivity index (χ2v) is 12.5. The Labute approximate surface area is 187 Å². The van der Waals surface area contributed by atoms with Crippen LogP contribution in [0.4, 0.5) is 5.69 Å². The molecule has 2 fully saturated rings. The van der Waals surface area contributed by atoms with Gasteiger partial charge in [0.15, 0.2) is 0 Å². The van der Waals surface area contributed by atoms with E-state index in [1.165, 1.54) is 18.2 Å². The predicted molar refractivity (Wildman–Crippen MR) is 120 cm³/mol. The lowest BCUT2D eigenvalue weighted by Gasteiger charge is -2.27. The fourth-order valence-electron chi connectivity index (χ4n) is 4.14. The van der Waals surface area contributed by atoms with E-state index in [1.54, 1.807) is 18.3 Å². The summed E-state index contributed by atoms with van der Waals surface area (Å²) in [5.41, 5.74) is 0.557. The van der Waals surface area contributed by atoms with E-state index in [2.05, 4.69) is 9.62 Å². The van der Waals surface area contributed by atoms with Gasteiger partial charge in [-0.1, -0.05) is 6.07 Å². The van der Waals surface area contributed by atoms with Crippen LogP contribution in [0.1, 0.15) is 35.7 Å². The van der Waals surface area contributed by atoms with E-state index in [4.69, 9.17) is 0 Å². The number of thiophene rings is 1. The maximum absolute atomic E-state index is 13.0. The number of sulfonamides is 2. The fraction of sp³-hybridized carbons (Fsp3) is 0.450. The summed E-state index contributed by atoms with van der Waals surface area (Å²) in [5, 5.41) is 1.99. The maximum Gasteiger partial charge on any atom is 0.242 e. The van der Waals surface area contributed by atoms with Gasteiger partial charge in [-0.2, -0.15) is 0 Å². The zero-order valence-electron chi connectivity index (χ0n) is 17.2. The molecule has 0 spiro atoms. The van der Waals surface area contributed by atoms with Crippen LogP contribution in [0.25, 0.3) is 0 Å². The van der Waals surface area contributed by atoms with Crippen molar-refractivity contribution in [1.29, 1.82) is 0 Å². The monoisotopic (exact) mass is 483 g/mol. The highest BCUT2D eigenvalue weighted by atomic mass is 32.2. The summed E-state index contributed by atoms with van der Waals surface area (Å²) in [7, 11) is -7.51. The van der Waals surface area contributed by atoms with Crippen LogP contribution in [0.3, 0.4) is 0 Å². The fourth-order valence-corrected chi connectivity index (χ4v) is 7.72. The van der Waals surface area contributed by atoms with Gasteiger partial charge in [-0.3, -0.25) is 9.69 Å². The van der Waals surface area contributed by atoms with Crippen LogP contribution in [0.15, 0.2) is 40.6 Å². The Kier molecular flexibility index (Phi) is 6.23. The standard InChI is InChI=1S/C20H25N3O5S3/c1-15-13-16(23-20(24)8-12-30(23,25)26)6-7-19(15)31(27,28)21-14-17(18-5-4-11-29-18)22-9-2-3-10-22/h4-7,11,13,17,21H,2-3,8-10,12,14H2,1H3. The van der Waals surface area contributed by atoms with Crippen LogP contribution in [0.2, 0.25) is 0 Å². The molecular formula is C20H25N3O5S3. The first-order valence-corrected chi connectivity index (χ1v) is 14.1. The largest absolute Gasteiger partial charge is 0.294 e. The van der Waals surface area contributed by atoms with E-state index >= 15 is 0 Å². The summed E-state index contributed by atoms with van der Waals surface area (Å²) >= 11 is 1.61. The SMILES string of the molecule is Cc1cc(N2C(=O)CCS2(=O)=O)ccc1S(=O)(=O)NCC(c1cccs1)N1CCCC1. The molecule has 2 aromatic rings. The number of rotatable bonds is 7. The van der Waals surface area contributed by atoms with Crippen molar-refractivity contribution in [3.05, 3.63) is 46.2 Å². The van der Waals surface area contributed by atoms with Gasteiger partial charge in [0.25, 0.3) is 0 Å². The van der Waals surface area contributed by atoms with E-state index in [0.29, 0.717) is 5.56 Å². The van der Waals surface area contributed by atoms with Gasteiger partial charge in [0, 0.05) is 17.8 Å². The van der Waals surface area contributed by atoms with Gasteiger partial charge in [0.05, 0.1) is 22.4 Å². The zero-order chi connectivity index (χ0) is 22.2. The van der Waals surface area contributed by atoms with Gasteiger partial charge in [-0.15, -0.1) is 11.3 Å².